The van der Waals surface area contributed by atoms with Gasteiger partial charge in [-0.15, -0.1) is 0 Å². The minimum Gasteiger partial charge on any atom is -0.449 e. The van der Waals surface area contributed by atoms with Crippen LogP contribution in [-0.4, -0.2) is 16.6 Å². The quantitative estimate of drug-likeness (QED) is 0.640. The van der Waals surface area contributed by atoms with Crippen molar-refractivity contribution in [2.75, 3.05) is 0 Å². The maximum absolute atomic E-state index is 6.99. The van der Waals surface area contributed by atoms with Crippen molar-refractivity contribution >= 4 is 37.8 Å². The van der Waals surface area contributed by atoms with Crippen molar-refractivity contribution in [1.82, 2.24) is 0 Å². The van der Waals surface area contributed by atoms with Crippen LogP contribution in [0.3, 0.4) is 0 Å². The molecule has 23 heavy (non-hydrogen) atoms. The Hall–Kier alpha value is -1.69. The Morgan fingerprint density at radius 2 is 1.43 bits per heavy atom. The molecule has 0 radical (unpaired) electrons. The van der Waals surface area contributed by atoms with Gasteiger partial charge in [-0.3, -0.25) is 0 Å². The fraction of sp³-hybridized carbons (Fsp3) is 0.200. The second-order valence-electron chi connectivity index (χ2n) is 7.08. The minimum absolute atomic E-state index is 1.21. The molecule has 0 spiro atoms. The highest BCUT2D eigenvalue weighted by atomic mass is 28.4. The van der Waals surface area contributed by atoms with E-state index >= 15 is 0 Å². The molecule has 0 aliphatic carbocycles. The van der Waals surface area contributed by atoms with Crippen LogP contribution in [0.25, 0.3) is 10.8 Å². The minimum atomic E-state index is -2.12. The van der Waals surface area contributed by atoms with E-state index in [1.165, 1.54) is 33.2 Å². The zero-order valence-electron chi connectivity index (χ0n) is 13.8. The lowest BCUT2D eigenvalue weighted by molar-refractivity contribution is 0.589. The highest BCUT2D eigenvalue weighted by Crippen LogP contribution is 2.34. The summed E-state index contributed by atoms with van der Waals surface area (Å²) in [6, 6.07) is 28.9. The van der Waals surface area contributed by atoms with Crippen molar-refractivity contribution in [1.29, 1.82) is 0 Å². The van der Waals surface area contributed by atoms with Gasteiger partial charge in [0.25, 0.3) is 0 Å². The zero-order valence-corrected chi connectivity index (χ0v) is 15.8. The van der Waals surface area contributed by atoms with Gasteiger partial charge in [0.2, 0.25) is 8.32 Å². The maximum Gasteiger partial charge on any atom is 0.245 e. The summed E-state index contributed by atoms with van der Waals surface area (Å²) in [5.41, 5.74) is 0. The number of hydrogen-bond donors (Lipinski definition) is 0. The number of benzene rings is 3. The lowest BCUT2D eigenvalue weighted by Gasteiger charge is -2.31. The Morgan fingerprint density at radius 1 is 0.739 bits per heavy atom. The van der Waals surface area contributed by atoms with Gasteiger partial charge < -0.3 is 4.12 Å². The van der Waals surface area contributed by atoms with E-state index in [0.717, 1.165) is 0 Å². The van der Waals surface area contributed by atoms with Gasteiger partial charge >= 0.3 is 0 Å². The van der Waals surface area contributed by atoms with Gasteiger partial charge in [-0.05, 0) is 46.3 Å². The fourth-order valence-electron chi connectivity index (χ4n) is 3.88. The average Bonchev–Trinajstić information content (AvgIpc) is 2.92. The summed E-state index contributed by atoms with van der Waals surface area (Å²) in [6.45, 7) is 4.74. The van der Waals surface area contributed by atoms with Crippen molar-refractivity contribution in [3.05, 3.63) is 72.8 Å². The summed E-state index contributed by atoms with van der Waals surface area (Å²) in [5, 5.41) is 5.58. The molecular weight excluding hydrogens is 312 g/mol. The normalized spacial score (nSPS) is 23.2. The standard InChI is InChI=1S/C20H22OSi2/c1-22(2)15-16-23(21-22,18-11-4-3-5-12-18)20-14-8-10-17-9-6-7-13-19(17)20/h3-14H,15-16H2,1-2H3/t23-/m1/s1. The Balaban J connectivity index is 2.00. The highest BCUT2D eigenvalue weighted by molar-refractivity contribution is 7.06. The van der Waals surface area contributed by atoms with Crippen LogP contribution in [0.1, 0.15) is 0 Å². The van der Waals surface area contributed by atoms with Crippen molar-refractivity contribution in [2.24, 2.45) is 0 Å². The molecular formula is C20H22OSi2. The summed E-state index contributed by atoms with van der Waals surface area (Å²) in [4.78, 5) is 0. The second-order valence-corrected chi connectivity index (χ2v) is 15.2. The molecule has 4 rings (SSSR count). The fourth-order valence-corrected chi connectivity index (χ4v) is 15.8. The van der Waals surface area contributed by atoms with E-state index < -0.39 is 16.6 Å². The van der Waals surface area contributed by atoms with Gasteiger partial charge in [0.05, 0.1) is 0 Å². The predicted octanol–water partition coefficient (Wildman–Crippen LogP) is 4.13. The lowest BCUT2D eigenvalue weighted by atomic mass is 10.1. The maximum atomic E-state index is 6.99. The van der Waals surface area contributed by atoms with E-state index in [0.29, 0.717) is 0 Å². The van der Waals surface area contributed by atoms with Crippen LogP contribution < -0.4 is 10.4 Å². The Bertz CT molecular complexity index is 839. The lowest BCUT2D eigenvalue weighted by Crippen LogP contribution is -2.60. The highest BCUT2D eigenvalue weighted by Gasteiger charge is 2.50. The van der Waals surface area contributed by atoms with Crippen LogP contribution in [0, 0.1) is 0 Å². The van der Waals surface area contributed by atoms with Crippen LogP contribution in [0.15, 0.2) is 72.8 Å². The van der Waals surface area contributed by atoms with E-state index in [-0.39, 0.29) is 0 Å². The van der Waals surface area contributed by atoms with E-state index in [2.05, 4.69) is 85.9 Å². The number of fused-ring (bicyclic) bond motifs is 1. The monoisotopic (exact) mass is 334 g/mol. The van der Waals surface area contributed by atoms with E-state index in [9.17, 15) is 0 Å². The molecule has 1 nitrogen and oxygen atoms in total. The third-order valence-corrected chi connectivity index (χ3v) is 14.1. The topological polar surface area (TPSA) is 9.23 Å². The summed E-state index contributed by atoms with van der Waals surface area (Å²) < 4.78 is 6.99. The van der Waals surface area contributed by atoms with E-state index in [1.54, 1.807) is 0 Å². The average molecular weight is 335 g/mol. The summed E-state index contributed by atoms with van der Waals surface area (Å²) >= 11 is 0. The van der Waals surface area contributed by atoms with Crippen molar-refractivity contribution in [3.63, 3.8) is 0 Å². The molecule has 1 atom stereocenters. The molecule has 116 valence electrons. The molecule has 0 amide bonds. The van der Waals surface area contributed by atoms with Gasteiger partial charge in [0.15, 0.2) is 8.32 Å². The van der Waals surface area contributed by atoms with Crippen molar-refractivity contribution in [2.45, 2.75) is 25.2 Å². The van der Waals surface area contributed by atoms with Crippen LogP contribution in [0.4, 0.5) is 0 Å². The molecule has 0 N–H and O–H groups in total. The molecule has 0 saturated carbocycles. The summed E-state index contributed by atoms with van der Waals surface area (Å²) in [5.74, 6) is 0. The smallest absolute Gasteiger partial charge is 0.245 e. The molecule has 1 aliphatic heterocycles. The van der Waals surface area contributed by atoms with E-state index in [1.807, 2.05) is 0 Å². The largest absolute Gasteiger partial charge is 0.449 e. The molecule has 1 heterocycles. The molecule has 1 saturated heterocycles. The third-order valence-electron chi connectivity index (χ3n) is 4.99. The first-order valence-electron chi connectivity index (χ1n) is 8.35. The van der Waals surface area contributed by atoms with E-state index in [4.69, 9.17) is 4.12 Å². The van der Waals surface area contributed by atoms with Crippen LogP contribution in [0.2, 0.25) is 25.2 Å². The predicted molar refractivity (Wildman–Crippen MR) is 104 cm³/mol. The van der Waals surface area contributed by atoms with Crippen LogP contribution in [0.5, 0.6) is 0 Å². The molecule has 3 aromatic rings. The molecule has 3 heteroatoms. The molecule has 1 aliphatic rings. The van der Waals surface area contributed by atoms with Gasteiger partial charge in [-0.2, -0.15) is 0 Å². The zero-order chi connectivity index (χ0) is 15.9. The molecule has 0 bridgehead atoms. The third kappa shape index (κ3) is 2.49. The first-order valence-corrected chi connectivity index (χ1v) is 13.6. The van der Waals surface area contributed by atoms with Crippen LogP contribution in [-0.2, 0) is 4.12 Å². The Kier molecular flexibility index (Phi) is 3.52. The first-order chi connectivity index (χ1) is 11.1. The van der Waals surface area contributed by atoms with Crippen molar-refractivity contribution in [3.8, 4) is 0 Å². The molecule has 1 fully saturated rings. The van der Waals surface area contributed by atoms with Crippen LogP contribution >= 0.6 is 0 Å². The first kappa shape index (κ1) is 14.9. The SMILES string of the molecule is C[Si]1(C)CC[Si@@](c2ccccc2)(c2cccc3ccccc23)O1. The summed E-state index contributed by atoms with van der Waals surface area (Å²) in [6.07, 6.45) is 0. The number of rotatable bonds is 2. The Labute approximate surface area is 140 Å². The molecule has 0 aromatic heterocycles. The van der Waals surface area contributed by atoms with Gasteiger partial charge in [-0.1, -0.05) is 72.8 Å². The molecule has 3 aromatic carbocycles. The summed E-state index contributed by atoms with van der Waals surface area (Å²) in [7, 11) is -3.69. The second kappa shape index (κ2) is 5.44. The molecule has 0 unspecified atom stereocenters. The van der Waals surface area contributed by atoms with Gasteiger partial charge in [-0.25, -0.2) is 0 Å². The van der Waals surface area contributed by atoms with Crippen molar-refractivity contribution < 1.29 is 4.12 Å². The Morgan fingerprint density at radius 3 is 2.17 bits per heavy atom. The van der Waals surface area contributed by atoms with Gasteiger partial charge in [0.1, 0.15) is 0 Å². The van der Waals surface area contributed by atoms with Gasteiger partial charge in [0, 0.05) is 0 Å². The number of hydrogen-bond acceptors (Lipinski definition) is 1.